The molecule has 120 valence electrons. The summed E-state index contributed by atoms with van der Waals surface area (Å²) < 4.78 is 5.18. The van der Waals surface area contributed by atoms with Crippen LogP contribution in [0.1, 0.15) is 31.7 Å². The van der Waals surface area contributed by atoms with Gasteiger partial charge in [-0.3, -0.25) is 9.59 Å². The van der Waals surface area contributed by atoms with E-state index < -0.39 is 5.41 Å². The van der Waals surface area contributed by atoms with E-state index in [2.05, 4.69) is 0 Å². The summed E-state index contributed by atoms with van der Waals surface area (Å²) in [4.78, 5) is 25.7. The Morgan fingerprint density at radius 2 is 2.18 bits per heavy atom. The number of carbonyl (C=O) groups is 2. The van der Waals surface area contributed by atoms with Crippen molar-refractivity contribution in [2.45, 2.75) is 32.6 Å². The molecule has 1 aromatic carbocycles. The number of rotatable bonds is 5. The lowest BCUT2D eigenvalue weighted by atomic mass is 9.81. The number of carbonyl (C=O) groups excluding carboxylic acids is 2. The van der Waals surface area contributed by atoms with Crippen molar-refractivity contribution in [1.29, 1.82) is 0 Å². The van der Waals surface area contributed by atoms with E-state index in [1.54, 1.807) is 12.0 Å². The summed E-state index contributed by atoms with van der Waals surface area (Å²) in [5.74, 6) is 0.553. The average molecular weight is 304 g/mol. The Hall–Kier alpha value is -2.04. The first-order chi connectivity index (χ1) is 10.4. The smallest absolute Gasteiger partial charge is 0.225 e. The molecule has 5 heteroatoms. The predicted octanol–water partition coefficient (Wildman–Crippen LogP) is 1.74. The minimum Gasteiger partial charge on any atom is -0.497 e. The molecule has 1 heterocycles. The Bertz CT molecular complexity index is 559. The molecule has 0 aliphatic carbocycles. The highest BCUT2D eigenvalue weighted by Crippen LogP contribution is 2.29. The van der Waals surface area contributed by atoms with Gasteiger partial charge in [-0.05, 0) is 43.9 Å². The molecule has 1 aliphatic heterocycles. The van der Waals surface area contributed by atoms with Crippen LogP contribution in [0.5, 0.6) is 5.75 Å². The van der Waals surface area contributed by atoms with Gasteiger partial charge in [-0.1, -0.05) is 12.1 Å². The van der Waals surface area contributed by atoms with E-state index in [1.807, 2.05) is 31.2 Å². The van der Waals surface area contributed by atoms with Crippen LogP contribution in [0.25, 0.3) is 0 Å². The number of nitrogens with two attached hydrogens (primary N) is 1. The minimum atomic E-state index is -0.593. The fourth-order valence-electron chi connectivity index (χ4n) is 2.89. The standard InChI is InChI=1S/C17H24N2O3/c1-17(16(18)21)9-4-10-19(12-17)15(20)8-7-13-5-3-6-14(11-13)22-2/h3,5-6,11H,4,7-10,12H2,1-2H3,(H2,18,21). The summed E-state index contributed by atoms with van der Waals surface area (Å²) in [5.41, 5.74) is 5.95. The van der Waals surface area contributed by atoms with E-state index in [-0.39, 0.29) is 11.8 Å². The molecule has 2 N–H and O–H groups in total. The summed E-state index contributed by atoms with van der Waals surface area (Å²) in [6, 6.07) is 7.73. The summed E-state index contributed by atoms with van der Waals surface area (Å²) in [6.45, 7) is 2.98. The lowest BCUT2D eigenvalue weighted by Gasteiger charge is -2.38. The number of likely N-dealkylation sites (tertiary alicyclic amines) is 1. The molecule has 1 aromatic rings. The second kappa shape index (κ2) is 6.81. The van der Waals surface area contributed by atoms with Gasteiger partial charge in [0, 0.05) is 19.5 Å². The number of aryl methyl sites for hydroxylation is 1. The molecule has 1 atom stereocenters. The molecule has 22 heavy (non-hydrogen) atoms. The minimum absolute atomic E-state index is 0.0787. The molecule has 2 rings (SSSR count). The Labute approximate surface area is 131 Å². The quantitative estimate of drug-likeness (QED) is 0.900. The SMILES string of the molecule is COc1cccc(CCC(=O)N2CCCC(C)(C(N)=O)C2)c1. The summed E-state index contributed by atoms with van der Waals surface area (Å²) in [7, 11) is 1.63. The van der Waals surface area contributed by atoms with Gasteiger partial charge in [-0.25, -0.2) is 0 Å². The number of primary amides is 1. The second-order valence-corrected chi connectivity index (χ2v) is 6.20. The number of hydrogen-bond donors (Lipinski definition) is 1. The fourth-order valence-corrected chi connectivity index (χ4v) is 2.89. The number of hydrogen-bond acceptors (Lipinski definition) is 3. The zero-order valence-corrected chi connectivity index (χ0v) is 13.3. The molecule has 0 saturated carbocycles. The van der Waals surface area contributed by atoms with Crippen LogP contribution in [0.4, 0.5) is 0 Å². The summed E-state index contributed by atoms with van der Waals surface area (Å²) in [6.07, 6.45) is 2.67. The van der Waals surface area contributed by atoms with Crippen LogP contribution in [0, 0.1) is 5.41 Å². The van der Waals surface area contributed by atoms with Gasteiger partial charge < -0.3 is 15.4 Å². The van der Waals surface area contributed by atoms with E-state index in [1.165, 1.54) is 0 Å². The number of nitrogens with zero attached hydrogens (tertiary/aromatic N) is 1. The lowest BCUT2D eigenvalue weighted by molar-refractivity contribution is -0.139. The third kappa shape index (κ3) is 3.78. The maximum Gasteiger partial charge on any atom is 0.225 e. The van der Waals surface area contributed by atoms with Gasteiger partial charge in [-0.2, -0.15) is 0 Å². The van der Waals surface area contributed by atoms with Gasteiger partial charge in [0.2, 0.25) is 11.8 Å². The molecule has 0 bridgehead atoms. The van der Waals surface area contributed by atoms with E-state index in [0.717, 1.165) is 24.2 Å². The van der Waals surface area contributed by atoms with Crippen molar-refractivity contribution in [2.75, 3.05) is 20.2 Å². The first-order valence-corrected chi connectivity index (χ1v) is 7.65. The normalized spacial score (nSPS) is 21.5. The van der Waals surface area contributed by atoms with E-state index >= 15 is 0 Å². The molecule has 2 amide bonds. The van der Waals surface area contributed by atoms with Gasteiger partial charge in [0.15, 0.2) is 0 Å². The van der Waals surface area contributed by atoms with Gasteiger partial charge in [0.1, 0.15) is 5.75 Å². The zero-order valence-electron chi connectivity index (χ0n) is 13.3. The molecule has 1 saturated heterocycles. The van der Waals surface area contributed by atoms with Crippen LogP contribution < -0.4 is 10.5 Å². The van der Waals surface area contributed by atoms with Crippen LogP contribution in [-0.4, -0.2) is 36.9 Å². The van der Waals surface area contributed by atoms with Crippen LogP contribution in [0.3, 0.4) is 0 Å². The highest BCUT2D eigenvalue weighted by Gasteiger charge is 2.37. The monoisotopic (exact) mass is 304 g/mol. The first kappa shape index (κ1) is 16.3. The Morgan fingerprint density at radius 3 is 2.86 bits per heavy atom. The number of piperidine rings is 1. The molecular formula is C17H24N2O3. The van der Waals surface area contributed by atoms with Gasteiger partial charge >= 0.3 is 0 Å². The highest BCUT2D eigenvalue weighted by atomic mass is 16.5. The topological polar surface area (TPSA) is 72.6 Å². The summed E-state index contributed by atoms with van der Waals surface area (Å²) in [5, 5.41) is 0. The first-order valence-electron chi connectivity index (χ1n) is 7.65. The van der Waals surface area contributed by atoms with E-state index in [4.69, 9.17) is 10.5 Å². The maximum absolute atomic E-state index is 12.4. The van der Waals surface area contributed by atoms with E-state index in [0.29, 0.717) is 25.9 Å². The fraction of sp³-hybridized carbons (Fsp3) is 0.529. The van der Waals surface area contributed by atoms with Crippen molar-refractivity contribution in [2.24, 2.45) is 11.1 Å². The Balaban J connectivity index is 1.93. The van der Waals surface area contributed by atoms with Gasteiger partial charge in [0.25, 0.3) is 0 Å². The van der Waals surface area contributed by atoms with Crippen molar-refractivity contribution in [3.05, 3.63) is 29.8 Å². The molecule has 1 aliphatic rings. The van der Waals surface area contributed by atoms with E-state index in [9.17, 15) is 9.59 Å². The van der Waals surface area contributed by atoms with Crippen LogP contribution in [0.15, 0.2) is 24.3 Å². The van der Waals surface area contributed by atoms with Crippen LogP contribution in [0.2, 0.25) is 0 Å². The van der Waals surface area contributed by atoms with Crippen molar-refractivity contribution in [3.63, 3.8) is 0 Å². The highest BCUT2D eigenvalue weighted by molar-refractivity contribution is 5.83. The summed E-state index contributed by atoms with van der Waals surface area (Å²) >= 11 is 0. The van der Waals surface area contributed by atoms with Crippen molar-refractivity contribution >= 4 is 11.8 Å². The zero-order chi connectivity index (χ0) is 16.2. The largest absolute Gasteiger partial charge is 0.497 e. The number of ether oxygens (including phenoxy) is 1. The van der Waals surface area contributed by atoms with Gasteiger partial charge in [-0.15, -0.1) is 0 Å². The van der Waals surface area contributed by atoms with Crippen molar-refractivity contribution in [1.82, 2.24) is 4.90 Å². The number of amides is 2. The maximum atomic E-state index is 12.4. The predicted molar refractivity (Wildman–Crippen MR) is 84.4 cm³/mol. The number of benzene rings is 1. The molecule has 0 spiro atoms. The van der Waals surface area contributed by atoms with Gasteiger partial charge in [0.05, 0.1) is 12.5 Å². The lowest BCUT2D eigenvalue weighted by Crippen LogP contribution is -2.50. The second-order valence-electron chi connectivity index (χ2n) is 6.20. The van der Waals surface area contributed by atoms with Crippen LogP contribution >= 0.6 is 0 Å². The van der Waals surface area contributed by atoms with Crippen LogP contribution in [-0.2, 0) is 16.0 Å². The Kier molecular flexibility index (Phi) is 5.06. The third-order valence-corrected chi connectivity index (χ3v) is 4.41. The molecule has 5 nitrogen and oxygen atoms in total. The average Bonchev–Trinajstić information content (AvgIpc) is 2.52. The van der Waals surface area contributed by atoms with Crippen molar-refractivity contribution in [3.8, 4) is 5.75 Å². The molecular weight excluding hydrogens is 280 g/mol. The molecule has 0 aromatic heterocycles. The Morgan fingerprint density at radius 1 is 1.41 bits per heavy atom. The molecule has 1 unspecified atom stereocenters. The number of methoxy groups -OCH3 is 1. The molecule has 1 fully saturated rings. The van der Waals surface area contributed by atoms with Crippen molar-refractivity contribution < 1.29 is 14.3 Å². The molecule has 0 radical (unpaired) electrons. The third-order valence-electron chi connectivity index (χ3n) is 4.41.